The lowest BCUT2D eigenvalue weighted by molar-refractivity contribution is -0.302. The van der Waals surface area contributed by atoms with Crippen LogP contribution in [0.15, 0.2) is 12.2 Å². The van der Waals surface area contributed by atoms with Crippen molar-refractivity contribution in [2.75, 3.05) is 13.2 Å². The molecule has 9 heteroatoms. The summed E-state index contributed by atoms with van der Waals surface area (Å²) in [5.41, 5.74) is 0. The predicted octanol–water partition coefficient (Wildman–Crippen LogP) is 16.0. The highest BCUT2D eigenvalue weighted by atomic mass is 16.7. The maximum Gasteiger partial charge on any atom is 0.220 e. The third-order valence-corrected chi connectivity index (χ3v) is 15.4. The Bertz CT molecular complexity index is 1120. The van der Waals surface area contributed by atoms with Crippen molar-refractivity contribution >= 4 is 5.91 Å². The molecular formula is C62H121NO8. The van der Waals surface area contributed by atoms with Gasteiger partial charge in [-0.15, -0.1) is 0 Å². The fourth-order valence-corrected chi connectivity index (χ4v) is 10.4. The molecule has 1 amide bonds. The van der Waals surface area contributed by atoms with Crippen molar-refractivity contribution in [1.82, 2.24) is 5.32 Å². The molecule has 9 nitrogen and oxygen atoms in total. The van der Waals surface area contributed by atoms with Crippen LogP contribution in [0.3, 0.4) is 0 Å². The van der Waals surface area contributed by atoms with Crippen LogP contribution in [0.4, 0.5) is 0 Å². The summed E-state index contributed by atoms with van der Waals surface area (Å²) in [5, 5.41) is 54.6. The summed E-state index contributed by atoms with van der Waals surface area (Å²) in [6, 6.07) is -0.801. The van der Waals surface area contributed by atoms with Gasteiger partial charge in [0.2, 0.25) is 5.91 Å². The normalized spacial score (nSPS) is 19.2. The minimum absolute atomic E-state index is 0.169. The Morgan fingerprint density at radius 1 is 0.465 bits per heavy atom. The van der Waals surface area contributed by atoms with Gasteiger partial charge in [0.25, 0.3) is 0 Å². The number of aliphatic hydroxyl groups is 5. The Kier molecular flexibility index (Phi) is 50.1. The quantitative estimate of drug-likeness (QED) is 0.0261. The fourth-order valence-electron chi connectivity index (χ4n) is 10.4. The molecule has 1 heterocycles. The minimum atomic E-state index is -1.56. The van der Waals surface area contributed by atoms with Crippen molar-refractivity contribution in [3.05, 3.63) is 12.2 Å². The standard InChI is InChI=1S/C62H121NO8/c1-3-5-7-9-11-13-15-17-19-21-23-24-25-26-27-28-29-30-31-32-33-34-35-37-39-41-43-45-47-49-51-56(65)55(54-70-62-61(69)60(68)59(67)57(53-64)71-62)63-58(66)52-50-48-46-44-42-40-38-36-22-20-18-16-14-12-10-8-6-4-2/h49,51,55-57,59-62,64-65,67-69H,3-48,50,52-54H2,1-2H3,(H,63,66)/b51-49+. The second kappa shape index (κ2) is 52.4. The van der Waals surface area contributed by atoms with Crippen LogP contribution < -0.4 is 5.32 Å². The first-order chi connectivity index (χ1) is 34.8. The maximum absolute atomic E-state index is 13.1. The van der Waals surface area contributed by atoms with Gasteiger partial charge in [0.15, 0.2) is 6.29 Å². The van der Waals surface area contributed by atoms with E-state index in [0.29, 0.717) is 6.42 Å². The first-order valence-corrected chi connectivity index (χ1v) is 31.4. The third-order valence-electron chi connectivity index (χ3n) is 15.4. The Morgan fingerprint density at radius 2 is 0.775 bits per heavy atom. The molecule has 7 unspecified atom stereocenters. The average Bonchev–Trinajstić information content (AvgIpc) is 3.37. The van der Waals surface area contributed by atoms with Crippen molar-refractivity contribution in [3.8, 4) is 0 Å². The number of carbonyl (C=O) groups excluding carboxylic acids is 1. The molecule has 1 saturated heterocycles. The molecule has 1 rings (SSSR count). The first-order valence-electron chi connectivity index (χ1n) is 31.4. The van der Waals surface area contributed by atoms with Crippen LogP contribution >= 0.6 is 0 Å². The smallest absolute Gasteiger partial charge is 0.220 e. The van der Waals surface area contributed by atoms with E-state index >= 15 is 0 Å². The van der Waals surface area contributed by atoms with Gasteiger partial charge in [-0.1, -0.05) is 309 Å². The molecule has 0 aromatic heterocycles. The highest BCUT2D eigenvalue weighted by molar-refractivity contribution is 5.76. The van der Waals surface area contributed by atoms with E-state index in [1.54, 1.807) is 6.08 Å². The monoisotopic (exact) mass is 1010 g/mol. The highest BCUT2D eigenvalue weighted by Gasteiger charge is 2.44. The molecule has 1 fully saturated rings. The summed E-state index contributed by atoms with van der Waals surface area (Å²) in [6.07, 6.45) is 58.7. The molecular weight excluding hydrogens is 887 g/mol. The average molecular weight is 1010 g/mol. The molecule has 1 aliphatic rings. The molecule has 422 valence electrons. The molecule has 0 spiro atoms. The Hall–Kier alpha value is -1.07. The zero-order valence-electron chi connectivity index (χ0n) is 47.0. The molecule has 7 atom stereocenters. The van der Waals surface area contributed by atoms with Crippen molar-refractivity contribution < 1.29 is 39.8 Å². The van der Waals surface area contributed by atoms with Gasteiger partial charge in [-0.05, 0) is 19.3 Å². The number of hydrogen-bond acceptors (Lipinski definition) is 8. The van der Waals surface area contributed by atoms with E-state index in [1.807, 2.05) is 6.08 Å². The predicted molar refractivity (Wildman–Crippen MR) is 300 cm³/mol. The van der Waals surface area contributed by atoms with Gasteiger partial charge in [-0.3, -0.25) is 4.79 Å². The molecule has 6 N–H and O–H groups in total. The Labute approximate surface area is 439 Å². The van der Waals surface area contributed by atoms with E-state index in [2.05, 4.69) is 19.2 Å². The van der Waals surface area contributed by atoms with Gasteiger partial charge in [0.05, 0.1) is 25.4 Å². The molecule has 0 radical (unpaired) electrons. The lowest BCUT2D eigenvalue weighted by Crippen LogP contribution is -2.60. The lowest BCUT2D eigenvalue weighted by Gasteiger charge is -2.40. The van der Waals surface area contributed by atoms with Gasteiger partial charge in [0.1, 0.15) is 24.4 Å². The molecule has 0 bridgehead atoms. The minimum Gasteiger partial charge on any atom is -0.394 e. The summed E-state index contributed by atoms with van der Waals surface area (Å²) in [7, 11) is 0. The number of aliphatic hydroxyl groups excluding tert-OH is 5. The summed E-state index contributed by atoms with van der Waals surface area (Å²) in [4.78, 5) is 13.1. The van der Waals surface area contributed by atoms with E-state index in [-0.39, 0.29) is 12.5 Å². The number of allylic oxidation sites excluding steroid dienone is 1. The summed E-state index contributed by atoms with van der Waals surface area (Å²) >= 11 is 0. The van der Waals surface area contributed by atoms with Crippen LogP contribution in [0.25, 0.3) is 0 Å². The zero-order chi connectivity index (χ0) is 51.5. The van der Waals surface area contributed by atoms with Crippen LogP contribution in [0.5, 0.6) is 0 Å². The molecule has 0 aromatic rings. The van der Waals surface area contributed by atoms with Crippen molar-refractivity contribution in [2.24, 2.45) is 0 Å². The second-order valence-corrected chi connectivity index (χ2v) is 22.2. The van der Waals surface area contributed by atoms with Crippen LogP contribution in [-0.4, -0.2) is 87.5 Å². The van der Waals surface area contributed by atoms with Crippen molar-refractivity contribution in [3.63, 3.8) is 0 Å². The van der Waals surface area contributed by atoms with E-state index in [1.165, 1.54) is 263 Å². The SMILES string of the molecule is CCCCCCCCCCCCCCCCCCCCCCCCCCCCCC/C=C/C(O)C(COC1OC(CO)C(O)C(O)C1O)NC(=O)CCCCCCCCCCCCCCCCCCCC. The van der Waals surface area contributed by atoms with Gasteiger partial charge in [-0.25, -0.2) is 0 Å². The van der Waals surface area contributed by atoms with E-state index in [4.69, 9.17) is 9.47 Å². The number of unbranched alkanes of at least 4 members (excludes halogenated alkanes) is 45. The number of rotatable bonds is 55. The molecule has 1 aliphatic heterocycles. The first kappa shape index (κ1) is 67.9. The van der Waals surface area contributed by atoms with Crippen LogP contribution in [-0.2, 0) is 14.3 Å². The summed E-state index contributed by atoms with van der Waals surface area (Å²) < 4.78 is 11.3. The van der Waals surface area contributed by atoms with E-state index < -0.39 is 49.5 Å². The summed E-state index contributed by atoms with van der Waals surface area (Å²) in [6.45, 7) is 3.83. The number of carbonyl (C=O) groups is 1. The van der Waals surface area contributed by atoms with Gasteiger partial charge in [0, 0.05) is 6.42 Å². The fraction of sp³-hybridized carbons (Fsp3) is 0.952. The third kappa shape index (κ3) is 41.8. The van der Waals surface area contributed by atoms with Gasteiger partial charge >= 0.3 is 0 Å². The zero-order valence-corrected chi connectivity index (χ0v) is 47.0. The lowest BCUT2D eigenvalue weighted by atomic mass is 9.99. The molecule has 0 saturated carbocycles. The molecule has 71 heavy (non-hydrogen) atoms. The van der Waals surface area contributed by atoms with Gasteiger partial charge in [-0.2, -0.15) is 0 Å². The Balaban J connectivity index is 2.15. The number of ether oxygens (including phenoxy) is 2. The molecule has 0 aliphatic carbocycles. The molecule has 0 aromatic carbocycles. The van der Waals surface area contributed by atoms with E-state index in [9.17, 15) is 30.3 Å². The number of nitrogens with one attached hydrogen (secondary N) is 1. The van der Waals surface area contributed by atoms with Gasteiger partial charge < -0.3 is 40.3 Å². The highest BCUT2D eigenvalue weighted by Crippen LogP contribution is 2.23. The maximum atomic E-state index is 13.1. The van der Waals surface area contributed by atoms with Crippen molar-refractivity contribution in [1.29, 1.82) is 0 Å². The van der Waals surface area contributed by atoms with Crippen LogP contribution in [0.1, 0.15) is 322 Å². The topological polar surface area (TPSA) is 149 Å². The van der Waals surface area contributed by atoms with E-state index in [0.717, 1.165) is 38.5 Å². The second-order valence-electron chi connectivity index (χ2n) is 22.2. The number of hydrogen-bond donors (Lipinski definition) is 6. The van der Waals surface area contributed by atoms with Crippen molar-refractivity contribution in [2.45, 2.75) is 365 Å². The largest absolute Gasteiger partial charge is 0.394 e. The summed E-state index contributed by atoms with van der Waals surface area (Å²) in [5.74, 6) is -0.169. The van der Waals surface area contributed by atoms with Crippen LogP contribution in [0, 0.1) is 0 Å². The Morgan fingerprint density at radius 3 is 1.10 bits per heavy atom. The number of amides is 1. The van der Waals surface area contributed by atoms with Crippen LogP contribution in [0.2, 0.25) is 0 Å².